The van der Waals surface area contributed by atoms with E-state index in [4.69, 9.17) is 9.47 Å². The van der Waals surface area contributed by atoms with E-state index in [1.54, 1.807) is 24.3 Å². The highest BCUT2D eigenvalue weighted by atomic mass is 16.6. The summed E-state index contributed by atoms with van der Waals surface area (Å²) in [6.07, 6.45) is -0.661. The van der Waals surface area contributed by atoms with E-state index in [0.29, 0.717) is 31.2 Å². The van der Waals surface area contributed by atoms with Crippen LogP contribution in [0.15, 0.2) is 36.4 Å². The Balaban J connectivity index is 1.53. The molecule has 186 valence electrons. The van der Waals surface area contributed by atoms with Crippen LogP contribution in [0, 0.1) is 40.9 Å². The van der Waals surface area contributed by atoms with Crippen LogP contribution in [0.25, 0.3) is 0 Å². The molecule has 35 heavy (non-hydrogen) atoms. The molecule has 2 spiro atoms. The van der Waals surface area contributed by atoms with Gasteiger partial charge in [-0.2, -0.15) is 0 Å². The molecule has 7 heteroatoms. The Morgan fingerprint density at radius 1 is 1.17 bits per heavy atom. The second-order valence-electron chi connectivity index (χ2n) is 12.0. The first-order valence-electron chi connectivity index (χ1n) is 12.5. The van der Waals surface area contributed by atoms with E-state index in [2.05, 4.69) is 6.58 Å². The van der Waals surface area contributed by atoms with Crippen molar-refractivity contribution in [3.8, 4) is 0 Å². The van der Waals surface area contributed by atoms with Crippen molar-refractivity contribution in [2.24, 2.45) is 34.0 Å². The van der Waals surface area contributed by atoms with Crippen LogP contribution >= 0.6 is 0 Å². The molecule has 4 saturated carbocycles. The molecule has 1 unspecified atom stereocenters. The lowest BCUT2D eigenvalue weighted by molar-refractivity contribution is -0.436. The molecule has 7 rings (SSSR count). The number of hydrogen-bond acceptors (Lipinski definition) is 7. The maximum atomic E-state index is 14.0. The van der Waals surface area contributed by atoms with Crippen molar-refractivity contribution >= 4 is 17.5 Å². The van der Waals surface area contributed by atoms with Crippen LogP contribution in [0.3, 0.4) is 0 Å². The Morgan fingerprint density at radius 3 is 2.54 bits per heavy atom. The minimum absolute atomic E-state index is 0.0422. The number of aryl methyl sites for hydroxylation is 1. The standard InChI is InChI=1S/C28H32O7/c1-14-5-7-16(8-6-14)24(32)35-23-17-9-10-18-26-13-34-28(33,27(18,23)21(30)15(17)2)22(31)20(26)25(3,4)12-11-19(26)29/h5-8,17-18,20,22-23,31,33H,2,9-13H2,1,3-4H3/t17-,18-,20+,22-,23+,26+,27-,28?/m0/s1. The van der Waals surface area contributed by atoms with Crippen molar-refractivity contribution in [3.63, 3.8) is 0 Å². The normalized spacial score (nSPS) is 45.2. The smallest absolute Gasteiger partial charge is 0.338 e. The number of esters is 1. The highest BCUT2D eigenvalue weighted by Gasteiger charge is 2.88. The first-order chi connectivity index (χ1) is 16.4. The monoisotopic (exact) mass is 480 g/mol. The highest BCUT2D eigenvalue weighted by Crippen LogP contribution is 2.76. The fraction of sp³-hybridized carbons (Fsp3) is 0.607. The predicted molar refractivity (Wildman–Crippen MR) is 124 cm³/mol. The quantitative estimate of drug-likeness (QED) is 0.495. The fourth-order valence-corrected chi connectivity index (χ4v) is 8.64. The van der Waals surface area contributed by atoms with Crippen LogP contribution in [0.4, 0.5) is 0 Å². The second-order valence-corrected chi connectivity index (χ2v) is 12.0. The summed E-state index contributed by atoms with van der Waals surface area (Å²) in [5.74, 6) is -5.10. The Hall–Kier alpha value is -2.35. The van der Waals surface area contributed by atoms with Crippen molar-refractivity contribution < 1.29 is 34.1 Å². The number of ether oxygens (including phenoxy) is 2. The number of Topliss-reactive ketones (excluding diaryl/α,β-unsaturated/α-hetero) is 2. The van der Waals surface area contributed by atoms with E-state index in [0.717, 1.165) is 5.56 Å². The molecule has 1 aromatic rings. The lowest BCUT2D eigenvalue weighted by atomic mass is 9.36. The van der Waals surface area contributed by atoms with E-state index in [-0.39, 0.29) is 18.0 Å². The maximum absolute atomic E-state index is 14.0. The molecule has 0 aromatic heterocycles. The summed E-state index contributed by atoms with van der Waals surface area (Å²) in [7, 11) is 0. The Morgan fingerprint density at radius 2 is 1.86 bits per heavy atom. The molecule has 6 aliphatic rings. The minimum atomic E-state index is -2.29. The number of ketones is 2. The SMILES string of the molecule is C=C1C(=O)[C@]23[C@H](OC(=O)c4ccc(C)cc4)[C@H]1CC[C@H]2[C@@]12COC3(O)[C@@H](O)[C@@H]1C(C)(C)CCC2=O. The van der Waals surface area contributed by atoms with Gasteiger partial charge in [-0.3, -0.25) is 9.59 Å². The average Bonchev–Trinajstić information content (AvgIpc) is 2.93. The zero-order chi connectivity index (χ0) is 25.1. The Labute approximate surface area is 204 Å². The number of carbonyl (C=O) groups excluding carboxylic acids is 3. The van der Waals surface area contributed by atoms with Gasteiger partial charge >= 0.3 is 5.97 Å². The number of carbonyl (C=O) groups is 3. The molecular formula is C28H32O7. The van der Waals surface area contributed by atoms with Gasteiger partial charge in [-0.15, -0.1) is 0 Å². The van der Waals surface area contributed by atoms with Crippen molar-refractivity contribution in [1.82, 2.24) is 0 Å². The molecule has 7 nitrogen and oxygen atoms in total. The predicted octanol–water partition coefficient (Wildman–Crippen LogP) is 2.76. The molecule has 4 aliphatic carbocycles. The van der Waals surface area contributed by atoms with Gasteiger partial charge in [0.1, 0.15) is 23.4 Å². The molecule has 6 fully saturated rings. The third-order valence-corrected chi connectivity index (χ3v) is 10.1. The maximum Gasteiger partial charge on any atom is 0.338 e. The van der Waals surface area contributed by atoms with E-state index < -0.39 is 63.7 Å². The molecule has 0 amide bonds. The van der Waals surface area contributed by atoms with Crippen molar-refractivity contribution in [2.75, 3.05) is 6.61 Å². The van der Waals surface area contributed by atoms with Gasteiger partial charge in [-0.05, 0) is 55.2 Å². The zero-order valence-electron chi connectivity index (χ0n) is 20.4. The number of fused-ring (bicyclic) bond motifs is 2. The first kappa shape index (κ1) is 23.1. The molecule has 2 heterocycles. The summed E-state index contributed by atoms with van der Waals surface area (Å²) in [5, 5.41) is 23.9. The Bertz CT molecular complexity index is 1170. The molecule has 8 atom stereocenters. The van der Waals surface area contributed by atoms with Crippen LogP contribution in [0.1, 0.15) is 55.5 Å². The summed E-state index contributed by atoms with van der Waals surface area (Å²) in [5.41, 5.74) is -1.78. The number of hydrogen-bond donors (Lipinski definition) is 2. The second kappa shape index (κ2) is 6.90. The van der Waals surface area contributed by atoms with Crippen LogP contribution in [-0.2, 0) is 19.1 Å². The van der Waals surface area contributed by atoms with E-state index >= 15 is 0 Å². The van der Waals surface area contributed by atoms with Gasteiger partial charge in [-0.25, -0.2) is 4.79 Å². The van der Waals surface area contributed by atoms with Gasteiger partial charge in [0.15, 0.2) is 5.78 Å². The van der Waals surface area contributed by atoms with E-state index in [1.807, 2.05) is 20.8 Å². The minimum Gasteiger partial charge on any atom is -0.457 e. The van der Waals surface area contributed by atoms with E-state index in [1.165, 1.54) is 0 Å². The van der Waals surface area contributed by atoms with Crippen LogP contribution in [0.5, 0.6) is 0 Å². The topological polar surface area (TPSA) is 110 Å². The lowest BCUT2D eigenvalue weighted by Gasteiger charge is -2.72. The van der Waals surface area contributed by atoms with Gasteiger partial charge < -0.3 is 19.7 Å². The van der Waals surface area contributed by atoms with Crippen LogP contribution in [0.2, 0.25) is 0 Å². The number of rotatable bonds is 2. The van der Waals surface area contributed by atoms with Crippen molar-refractivity contribution in [3.05, 3.63) is 47.5 Å². The first-order valence-corrected chi connectivity index (χ1v) is 12.5. The molecule has 2 N–H and O–H groups in total. The number of aliphatic hydroxyl groups is 2. The zero-order valence-corrected chi connectivity index (χ0v) is 20.4. The van der Waals surface area contributed by atoms with Crippen molar-refractivity contribution in [2.45, 2.75) is 64.4 Å². The average molecular weight is 481 g/mol. The molecule has 4 bridgehead atoms. The fourth-order valence-electron chi connectivity index (χ4n) is 8.64. The molecule has 2 saturated heterocycles. The third kappa shape index (κ3) is 2.45. The van der Waals surface area contributed by atoms with Gasteiger partial charge in [0.2, 0.25) is 5.79 Å². The van der Waals surface area contributed by atoms with Gasteiger partial charge in [-0.1, -0.05) is 38.1 Å². The summed E-state index contributed by atoms with van der Waals surface area (Å²) in [6, 6.07) is 6.91. The molecule has 1 aromatic carbocycles. The Kier molecular flexibility index (Phi) is 4.55. The molecule has 0 radical (unpaired) electrons. The number of aliphatic hydroxyl groups excluding tert-OH is 1. The van der Waals surface area contributed by atoms with Gasteiger partial charge in [0, 0.05) is 18.3 Å². The summed E-state index contributed by atoms with van der Waals surface area (Å²) < 4.78 is 12.0. The summed E-state index contributed by atoms with van der Waals surface area (Å²) in [4.78, 5) is 41.0. The third-order valence-electron chi connectivity index (χ3n) is 10.1. The lowest BCUT2D eigenvalue weighted by Crippen LogP contribution is -2.85. The van der Waals surface area contributed by atoms with Gasteiger partial charge in [0.05, 0.1) is 17.6 Å². The van der Waals surface area contributed by atoms with Crippen LogP contribution < -0.4 is 0 Å². The molecule has 2 aliphatic heterocycles. The van der Waals surface area contributed by atoms with Crippen molar-refractivity contribution in [1.29, 1.82) is 0 Å². The molecular weight excluding hydrogens is 448 g/mol. The highest BCUT2D eigenvalue weighted by molar-refractivity contribution is 6.06. The van der Waals surface area contributed by atoms with Crippen LogP contribution in [-0.4, -0.2) is 52.4 Å². The number of benzene rings is 1. The summed E-state index contributed by atoms with van der Waals surface area (Å²) >= 11 is 0. The largest absolute Gasteiger partial charge is 0.457 e. The van der Waals surface area contributed by atoms with E-state index in [9.17, 15) is 24.6 Å². The summed E-state index contributed by atoms with van der Waals surface area (Å²) in [6.45, 7) is 9.88. The van der Waals surface area contributed by atoms with Gasteiger partial charge in [0.25, 0.3) is 0 Å².